The minimum absolute atomic E-state index is 0.0349. The van der Waals surface area contributed by atoms with Crippen molar-refractivity contribution in [2.24, 2.45) is 0 Å². The van der Waals surface area contributed by atoms with Gasteiger partial charge in [0.05, 0.1) is 16.6 Å². The van der Waals surface area contributed by atoms with Gasteiger partial charge in [-0.1, -0.05) is 48.4 Å². The number of hydrogen-bond donors (Lipinski definition) is 1. The maximum absolute atomic E-state index is 12.8. The first-order chi connectivity index (χ1) is 15.8. The van der Waals surface area contributed by atoms with Crippen molar-refractivity contribution >= 4 is 17.7 Å². The Labute approximate surface area is 194 Å². The van der Waals surface area contributed by atoms with Crippen molar-refractivity contribution in [2.45, 2.75) is 25.0 Å². The van der Waals surface area contributed by atoms with Gasteiger partial charge in [0.15, 0.2) is 0 Å². The van der Waals surface area contributed by atoms with E-state index >= 15 is 0 Å². The summed E-state index contributed by atoms with van der Waals surface area (Å²) in [6.07, 6.45) is -4.36. The highest BCUT2D eigenvalue weighted by Crippen LogP contribution is 2.32. The highest BCUT2D eigenvalue weighted by Gasteiger charge is 2.29. The number of carboxylic acid groups (broad SMARTS) is 1. The summed E-state index contributed by atoms with van der Waals surface area (Å²) in [6, 6.07) is 19.8. The van der Waals surface area contributed by atoms with Gasteiger partial charge in [-0.3, -0.25) is 4.79 Å². The number of aliphatic carboxylic acids is 1. The Morgan fingerprint density at radius 2 is 1.73 bits per heavy atom. The molecule has 0 radical (unpaired) electrons. The zero-order valence-corrected chi connectivity index (χ0v) is 18.5. The lowest BCUT2D eigenvalue weighted by Crippen LogP contribution is -2.04. The Kier molecular flexibility index (Phi) is 8.07. The molecule has 0 aliphatic heterocycles. The zero-order chi connectivity index (χ0) is 23.8. The minimum atomic E-state index is -4.36. The number of carboxylic acids is 1. The summed E-state index contributed by atoms with van der Waals surface area (Å²) in [5.74, 6) is 5.56. The van der Waals surface area contributed by atoms with Gasteiger partial charge >= 0.3 is 12.1 Å². The predicted octanol–water partition coefficient (Wildman–Crippen LogP) is 6.83. The summed E-state index contributed by atoms with van der Waals surface area (Å²) in [5.41, 5.74) is 2.59. The molecule has 0 unspecified atom stereocenters. The molecule has 0 fully saturated rings. The number of rotatable bonds is 8. The van der Waals surface area contributed by atoms with E-state index in [0.717, 1.165) is 28.8 Å². The Hall–Kier alpha value is -3.37. The highest BCUT2D eigenvalue weighted by molar-refractivity contribution is 8.00. The molecule has 1 atom stereocenters. The number of benzene rings is 3. The van der Waals surface area contributed by atoms with Crippen LogP contribution in [0.3, 0.4) is 0 Å². The van der Waals surface area contributed by atoms with Crippen LogP contribution in [0.15, 0.2) is 72.8 Å². The number of ether oxygens (including phenoxy) is 1. The van der Waals surface area contributed by atoms with Crippen molar-refractivity contribution in [1.29, 1.82) is 0 Å². The Morgan fingerprint density at radius 3 is 2.33 bits per heavy atom. The van der Waals surface area contributed by atoms with E-state index in [1.165, 1.54) is 23.9 Å². The van der Waals surface area contributed by atoms with Crippen molar-refractivity contribution in [3.8, 4) is 28.7 Å². The van der Waals surface area contributed by atoms with Gasteiger partial charge in [-0.05, 0) is 59.5 Å². The summed E-state index contributed by atoms with van der Waals surface area (Å²) >= 11 is 1.25. The summed E-state index contributed by atoms with van der Waals surface area (Å²) in [5, 5.41) is 8.67. The lowest BCUT2D eigenvalue weighted by Gasteiger charge is -2.12. The fourth-order valence-corrected chi connectivity index (χ4v) is 3.96. The quantitative estimate of drug-likeness (QED) is 0.367. The van der Waals surface area contributed by atoms with Gasteiger partial charge < -0.3 is 9.84 Å². The van der Waals surface area contributed by atoms with E-state index in [2.05, 4.69) is 11.8 Å². The molecule has 1 N–H and O–H groups in total. The molecular formula is C26H21F3O3S. The first-order valence-electron chi connectivity index (χ1n) is 10.0. The molecule has 0 aliphatic carbocycles. The van der Waals surface area contributed by atoms with Crippen LogP contribution in [-0.2, 0) is 17.6 Å². The molecule has 33 heavy (non-hydrogen) atoms. The van der Waals surface area contributed by atoms with Crippen molar-refractivity contribution < 1.29 is 27.8 Å². The second-order valence-corrected chi connectivity index (χ2v) is 8.21. The molecule has 7 heteroatoms. The maximum Gasteiger partial charge on any atom is 0.416 e. The van der Waals surface area contributed by atoms with Gasteiger partial charge in [0.25, 0.3) is 0 Å². The van der Waals surface area contributed by atoms with E-state index in [1.807, 2.05) is 36.4 Å². The van der Waals surface area contributed by atoms with Crippen LogP contribution < -0.4 is 4.74 Å². The topological polar surface area (TPSA) is 46.5 Å². The molecule has 3 aromatic carbocycles. The van der Waals surface area contributed by atoms with E-state index in [-0.39, 0.29) is 11.0 Å². The summed E-state index contributed by atoms with van der Waals surface area (Å²) in [4.78, 5) is 10.8. The minimum Gasteiger partial charge on any atom is -0.489 e. The second-order valence-electron chi connectivity index (χ2n) is 7.11. The highest BCUT2D eigenvalue weighted by atomic mass is 32.2. The van der Waals surface area contributed by atoms with E-state index < -0.39 is 17.7 Å². The normalized spacial score (nSPS) is 11.9. The van der Waals surface area contributed by atoms with Gasteiger partial charge in [-0.15, -0.1) is 17.7 Å². The monoisotopic (exact) mass is 470 g/mol. The third-order valence-electron chi connectivity index (χ3n) is 4.71. The van der Waals surface area contributed by atoms with Crippen LogP contribution in [0.2, 0.25) is 0 Å². The van der Waals surface area contributed by atoms with Crippen LogP contribution in [0.1, 0.15) is 28.9 Å². The van der Waals surface area contributed by atoms with E-state index in [0.29, 0.717) is 17.9 Å². The molecular weight excluding hydrogens is 449 g/mol. The predicted molar refractivity (Wildman–Crippen MR) is 124 cm³/mol. The first-order valence-corrected chi connectivity index (χ1v) is 11.1. The molecule has 3 rings (SSSR count). The van der Waals surface area contributed by atoms with Gasteiger partial charge in [0.1, 0.15) is 12.4 Å². The van der Waals surface area contributed by atoms with E-state index in [4.69, 9.17) is 9.84 Å². The standard InChI is InChI=1S/C26H21F3O3S/c1-2-4-24(33-17-25(30)31)20-9-13-23(14-10-20)32-16-18-5-3-6-21(15-18)19-7-11-22(12-8-19)26(27,28)29/h3,5-15,24H,16-17H2,1H3,(H,30,31)/t24-/m1/s1. The van der Waals surface area contributed by atoms with Gasteiger partial charge in [-0.25, -0.2) is 0 Å². The van der Waals surface area contributed by atoms with Crippen LogP contribution in [-0.4, -0.2) is 16.8 Å². The van der Waals surface area contributed by atoms with E-state index in [1.54, 1.807) is 19.1 Å². The molecule has 0 amide bonds. The average molecular weight is 471 g/mol. The SMILES string of the molecule is CC#C[C@@H](SCC(=O)O)c1ccc(OCc2cccc(-c3ccc(C(F)(F)F)cc3)c2)cc1. The maximum atomic E-state index is 12.8. The summed E-state index contributed by atoms with van der Waals surface area (Å²) in [7, 11) is 0. The van der Waals surface area contributed by atoms with Crippen LogP contribution >= 0.6 is 11.8 Å². The molecule has 0 bridgehead atoms. The fourth-order valence-electron chi connectivity index (χ4n) is 3.10. The lowest BCUT2D eigenvalue weighted by molar-refractivity contribution is -0.137. The van der Waals surface area contributed by atoms with Crippen LogP contribution in [0.25, 0.3) is 11.1 Å². The fraction of sp³-hybridized carbons (Fsp3) is 0.192. The lowest BCUT2D eigenvalue weighted by atomic mass is 10.0. The number of alkyl halides is 3. The van der Waals surface area contributed by atoms with E-state index in [9.17, 15) is 18.0 Å². The molecule has 3 nitrogen and oxygen atoms in total. The molecule has 0 aliphatic rings. The molecule has 0 saturated carbocycles. The van der Waals surface area contributed by atoms with Crippen molar-refractivity contribution in [1.82, 2.24) is 0 Å². The third kappa shape index (κ3) is 7.06. The molecule has 170 valence electrons. The smallest absolute Gasteiger partial charge is 0.416 e. The van der Waals surface area contributed by atoms with Gasteiger partial charge in [0, 0.05) is 0 Å². The Balaban J connectivity index is 1.65. The van der Waals surface area contributed by atoms with Crippen LogP contribution in [0, 0.1) is 11.8 Å². The van der Waals surface area contributed by atoms with Gasteiger partial charge in [-0.2, -0.15) is 13.2 Å². The molecule has 0 heterocycles. The Bertz CT molecular complexity index is 1140. The van der Waals surface area contributed by atoms with Gasteiger partial charge in [0.2, 0.25) is 0 Å². The first kappa shape index (κ1) is 24.3. The number of thioether (sulfide) groups is 1. The zero-order valence-electron chi connectivity index (χ0n) is 17.7. The third-order valence-corrected chi connectivity index (χ3v) is 5.85. The number of carbonyl (C=O) groups is 1. The Morgan fingerprint density at radius 1 is 1.03 bits per heavy atom. The van der Waals surface area contributed by atoms with Crippen molar-refractivity contribution in [2.75, 3.05) is 5.75 Å². The molecule has 0 aromatic heterocycles. The molecule has 3 aromatic rings. The summed E-state index contributed by atoms with van der Waals surface area (Å²) < 4.78 is 44.2. The second kappa shape index (κ2) is 11.0. The molecule has 0 spiro atoms. The number of halogens is 3. The number of hydrogen-bond acceptors (Lipinski definition) is 3. The van der Waals surface area contributed by atoms with Crippen molar-refractivity contribution in [3.63, 3.8) is 0 Å². The summed E-state index contributed by atoms with van der Waals surface area (Å²) in [6.45, 7) is 2.00. The largest absolute Gasteiger partial charge is 0.489 e. The van der Waals surface area contributed by atoms with Crippen LogP contribution in [0.5, 0.6) is 5.75 Å². The van der Waals surface area contributed by atoms with Crippen molar-refractivity contribution in [3.05, 3.63) is 89.5 Å². The molecule has 0 saturated heterocycles. The van der Waals surface area contributed by atoms with Crippen LogP contribution in [0.4, 0.5) is 13.2 Å². The average Bonchev–Trinajstić information content (AvgIpc) is 2.80.